The van der Waals surface area contributed by atoms with Crippen LogP contribution in [0.1, 0.15) is 11.1 Å². The average Bonchev–Trinajstić information content (AvgIpc) is 2.47. The van der Waals surface area contributed by atoms with E-state index in [-0.39, 0.29) is 17.3 Å². The predicted octanol–water partition coefficient (Wildman–Crippen LogP) is 4.72. The van der Waals surface area contributed by atoms with Crippen LogP contribution in [0.5, 0.6) is 0 Å². The van der Waals surface area contributed by atoms with Gasteiger partial charge in [-0.25, -0.2) is 0 Å². The van der Waals surface area contributed by atoms with Gasteiger partial charge in [-0.15, -0.1) is 0 Å². The molecule has 2 N–H and O–H groups in total. The number of carbonyl (C=O) groups is 1. The molecule has 0 fully saturated rings. The van der Waals surface area contributed by atoms with Crippen LogP contribution >= 0.6 is 11.6 Å². The Hall–Kier alpha value is -2.21. The van der Waals surface area contributed by atoms with E-state index in [4.69, 9.17) is 11.6 Å². The molecule has 2 aromatic carbocycles. The van der Waals surface area contributed by atoms with Gasteiger partial charge >= 0.3 is 6.18 Å². The predicted molar refractivity (Wildman–Crippen MR) is 84.8 cm³/mol. The fraction of sp³-hybridized carbons (Fsp3) is 0.188. The molecule has 2 aromatic rings. The highest BCUT2D eigenvalue weighted by Crippen LogP contribution is 2.36. The normalized spacial score (nSPS) is 11.2. The average molecular weight is 343 g/mol. The summed E-state index contributed by atoms with van der Waals surface area (Å²) in [5, 5.41) is 5.12. The van der Waals surface area contributed by atoms with Gasteiger partial charge in [0.2, 0.25) is 5.91 Å². The molecule has 0 aliphatic rings. The van der Waals surface area contributed by atoms with Crippen molar-refractivity contribution < 1.29 is 18.0 Å². The molecule has 7 heteroatoms. The number of nitrogens with one attached hydrogen (secondary N) is 2. The second kappa shape index (κ2) is 6.91. The molecule has 0 bridgehead atoms. The molecule has 0 heterocycles. The van der Waals surface area contributed by atoms with Gasteiger partial charge in [0.15, 0.2) is 0 Å². The van der Waals surface area contributed by atoms with Crippen molar-refractivity contribution in [1.29, 1.82) is 0 Å². The van der Waals surface area contributed by atoms with Crippen molar-refractivity contribution in [3.8, 4) is 0 Å². The van der Waals surface area contributed by atoms with Gasteiger partial charge in [-0.05, 0) is 36.8 Å². The van der Waals surface area contributed by atoms with E-state index in [9.17, 15) is 18.0 Å². The number of rotatable bonds is 4. The molecule has 0 aliphatic carbocycles. The fourth-order valence-electron chi connectivity index (χ4n) is 1.99. The van der Waals surface area contributed by atoms with Crippen LogP contribution in [-0.4, -0.2) is 12.5 Å². The van der Waals surface area contributed by atoms with Crippen LogP contribution in [0.3, 0.4) is 0 Å². The molecular weight excluding hydrogens is 329 g/mol. The monoisotopic (exact) mass is 342 g/mol. The molecule has 0 saturated carbocycles. The van der Waals surface area contributed by atoms with E-state index in [1.807, 2.05) is 19.1 Å². The third-order valence-corrected chi connectivity index (χ3v) is 3.38. The molecule has 1 amide bonds. The van der Waals surface area contributed by atoms with Crippen molar-refractivity contribution >= 4 is 28.9 Å². The van der Waals surface area contributed by atoms with Gasteiger partial charge in [-0.1, -0.05) is 29.8 Å². The van der Waals surface area contributed by atoms with E-state index in [1.54, 1.807) is 12.1 Å². The Balaban J connectivity index is 2.06. The topological polar surface area (TPSA) is 41.1 Å². The van der Waals surface area contributed by atoms with Gasteiger partial charge in [-0.3, -0.25) is 4.79 Å². The molecule has 3 nitrogen and oxygen atoms in total. The molecule has 0 atom stereocenters. The molecular formula is C16H14ClF3N2O. The number of halogens is 4. The summed E-state index contributed by atoms with van der Waals surface area (Å²) >= 11 is 5.60. The zero-order valence-corrected chi connectivity index (χ0v) is 12.9. The summed E-state index contributed by atoms with van der Waals surface area (Å²) in [6, 6.07) is 10.5. The first-order valence-electron chi connectivity index (χ1n) is 6.73. The Morgan fingerprint density at radius 2 is 1.83 bits per heavy atom. The molecule has 0 aromatic heterocycles. The number of para-hydroxylation sites is 1. The van der Waals surface area contributed by atoms with Gasteiger partial charge < -0.3 is 10.6 Å². The van der Waals surface area contributed by atoms with Crippen LogP contribution in [-0.2, 0) is 11.0 Å². The molecule has 122 valence electrons. The van der Waals surface area contributed by atoms with Crippen molar-refractivity contribution in [3.05, 3.63) is 58.6 Å². The smallest absolute Gasteiger partial charge is 0.376 e. The number of anilines is 2. The van der Waals surface area contributed by atoms with Crippen LogP contribution in [0.15, 0.2) is 42.5 Å². The number of amides is 1. The highest BCUT2D eigenvalue weighted by molar-refractivity contribution is 6.30. The Kier molecular flexibility index (Phi) is 5.15. The summed E-state index contributed by atoms with van der Waals surface area (Å²) < 4.78 is 38.9. The number of hydrogen-bond acceptors (Lipinski definition) is 2. The Morgan fingerprint density at radius 1 is 1.13 bits per heavy atom. The van der Waals surface area contributed by atoms with E-state index in [2.05, 4.69) is 10.6 Å². The lowest BCUT2D eigenvalue weighted by Crippen LogP contribution is -2.23. The highest BCUT2D eigenvalue weighted by Gasteiger charge is 2.33. The molecule has 0 radical (unpaired) electrons. The van der Waals surface area contributed by atoms with E-state index in [1.165, 1.54) is 12.1 Å². The van der Waals surface area contributed by atoms with Crippen molar-refractivity contribution in [2.75, 3.05) is 17.2 Å². The van der Waals surface area contributed by atoms with Gasteiger partial charge in [-0.2, -0.15) is 13.2 Å². The van der Waals surface area contributed by atoms with Crippen molar-refractivity contribution in [3.63, 3.8) is 0 Å². The number of aryl methyl sites for hydroxylation is 1. The Morgan fingerprint density at radius 3 is 2.48 bits per heavy atom. The summed E-state index contributed by atoms with van der Waals surface area (Å²) in [6.45, 7) is 1.53. The van der Waals surface area contributed by atoms with E-state index < -0.39 is 17.6 Å². The van der Waals surface area contributed by atoms with Gasteiger partial charge in [0, 0.05) is 16.4 Å². The van der Waals surface area contributed by atoms with E-state index >= 15 is 0 Å². The van der Waals surface area contributed by atoms with Crippen LogP contribution in [0, 0.1) is 6.92 Å². The molecule has 0 saturated heterocycles. The molecule has 0 unspecified atom stereocenters. The Bertz CT molecular complexity index is 717. The first-order valence-corrected chi connectivity index (χ1v) is 7.11. The first kappa shape index (κ1) is 17.1. The summed E-state index contributed by atoms with van der Waals surface area (Å²) in [5.41, 5.74) is 0.380. The summed E-state index contributed by atoms with van der Waals surface area (Å²) in [5.74, 6) is -0.442. The van der Waals surface area contributed by atoms with Crippen LogP contribution < -0.4 is 10.6 Å². The number of carbonyl (C=O) groups excluding carboxylic acids is 1. The SMILES string of the molecule is Cc1ccccc1NC(=O)CNc1ccc(Cl)cc1C(F)(F)F. The second-order valence-electron chi connectivity index (χ2n) is 4.90. The highest BCUT2D eigenvalue weighted by atomic mass is 35.5. The summed E-state index contributed by atoms with van der Waals surface area (Å²) in [7, 11) is 0. The van der Waals surface area contributed by atoms with Gasteiger partial charge in [0.05, 0.1) is 12.1 Å². The van der Waals surface area contributed by atoms with Crippen LogP contribution in [0.25, 0.3) is 0 Å². The molecule has 0 spiro atoms. The fourth-order valence-corrected chi connectivity index (χ4v) is 2.16. The third kappa shape index (κ3) is 4.63. The summed E-state index contributed by atoms with van der Waals surface area (Å²) in [4.78, 5) is 11.9. The van der Waals surface area contributed by atoms with Gasteiger partial charge in [0.25, 0.3) is 0 Å². The number of benzene rings is 2. The first-order chi connectivity index (χ1) is 10.8. The minimum absolute atomic E-state index is 0.0211. The van der Waals surface area contributed by atoms with Crippen LogP contribution in [0.4, 0.5) is 24.5 Å². The second-order valence-corrected chi connectivity index (χ2v) is 5.34. The summed E-state index contributed by atoms with van der Waals surface area (Å²) in [6.07, 6.45) is -4.56. The van der Waals surface area contributed by atoms with E-state index in [0.29, 0.717) is 5.69 Å². The van der Waals surface area contributed by atoms with E-state index in [0.717, 1.165) is 11.6 Å². The zero-order valence-electron chi connectivity index (χ0n) is 12.2. The zero-order chi connectivity index (χ0) is 17.0. The van der Waals surface area contributed by atoms with Crippen molar-refractivity contribution in [2.45, 2.75) is 13.1 Å². The maximum Gasteiger partial charge on any atom is 0.418 e. The largest absolute Gasteiger partial charge is 0.418 e. The lowest BCUT2D eigenvalue weighted by Gasteiger charge is -2.15. The number of hydrogen-bond donors (Lipinski definition) is 2. The van der Waals surface area contributed by atoms with Gasteiger partial charge in [0.1, 0.15) is 0 Å². The Labute approximate surface area is 136 Å². The lowest BCUT2D eigenvalue weighted by molar-refractivity contribution is -0.137. The maximum absolute atomic E-state index is 13.0. The van der Waals surface area contributed by atoms with Crippen LogP contribution in [0.2, 0.25) is 5.02 Å². The lowest BCUT2D eigenvalue weighted by atomic mass is 10.1. The van der Waals surface area contributed by atoms with Crippen molar-refractivity contribution in [1.82, 2.24) is 0 Å². The standard InChI is InChI=1S/C16H14ClF3N2O/c1-10-4-2-3-5-13(10)22-15(23)9-21-14-7-6-11(17)8-12(14)16(18,19)20/h2-8,21H,9H2,1H3,(H,22,23). The minimum Gasteiger partial charge on any atom is -0.376 e. The van der Waals surface area contributed by atoms with Crippen molar-refractivity contribution in [2.24, 2.45) is 0 Å². The molecule has 23 heavy (non-hydrogen) atoms. The molecule has 0 aliphatic heterocycles. The maximum atomic E-state index is 13.0. The minimum atomic E-state index is -4.56. The number of alkyl halides is 3. The quantitative estimate of drug-likeness (QED) is 0.844. The molecule has 2 rings (SSSR count). The third-order valence-electron chi connectivity index (χ3n) is 3.15.